The van der Waals surface area contributed by atoms with Crippen LogP contribution in [0.15, 0.2) is 47.7 Å². The molecule has 0 radical (unpaired) electrons. The molecule has 1 unspecified atom stereocenters. The molecule has 0 saturated carbocycles. The molecular formula is C23H35N5O2. The summed E-state index contributed by atoms with van der Waals surface area (Å²) in [5.74, 6) is 2.37. The maximum atomic E-state index is 5.76. The van der Waals surface area contributed by atoms with Crippen LogP contribution in [0.4, 0.5) is 0 Å². The Hall–Kier alpha value is -2.38. The first-order chi connectivity index (χ1) is 14.8. The summed E-state index contributed by atoms with van der Waals surface area (Å²) in [7, 11) is 0. The summed E-state index contributed by atoms with van der Waals surface area (Å²) in [4.78, 5) is 9.20. The second kappa shape index (κ2) is 13.0. The van der Waals surface area contributed by atoms with Crippen molar-refractivity contribution in [2.75, 3.05) is 39.5 Å². The molecule has 0 bridgehead atoms. The maximum absolute atomic E-state index is 5.76. The van der Waals surface area contributed by atoms with E-state index in [1.807, 2.05) is 18.5 Å². The zero-order chi connectivity index (χ0) is 20.9. The predicted molar refractivity (Wildman–Crippen MR) is 120 cm³/mol. The molecule has 7 heteroatoms. The number of benzene rings is 1. The van der Waals surface area contributed by atoms with E-state index in [0.717, 1.165) is 77.1 Å². The number of nitrogens with zero attached hydrogens (tertiary/aromatic N) is 3. The molecule has 3 rings (SSSR count). The summed E-state index contributed by atoms with van der Waals surface area (Å²) in [6.07, 6.45) is 6.93. The summed E-state index contributed by atoms with van der Waals surface area (Å²) >= 11 is 0. The fraction of sp³-hybridized carbons (Fsp3) is 0.565. The van der Waals surface area contributed by atoms with Gasteiger partial charge in [-0.15, -0.1) is 0 Å². The van der Waals surface area contributed by atoms with Gasteiger partial charge in [0.15, 0.2) is 5.96 Å². The number of aryl methyl sites for hydroxylation is 2. The van der Waals surface area contributed by atoms with Crippen LogP contribution < -0.4 is 10.6 Å². The number of imidazole rings is 1. The van der Waals surface area contributed by atoms with Gasteiger partial charge in [0.05, 0.1) is 13.2 Å². The van der Waals surface area contributed by atoms with Crippen LogP contribution in [0, 0.1) is 5.92 Å². The van der Waals surface area contributed by atoms with E-state index >= 15 is 0 Å². The van der Waals surface area contributed by atoms with Gasteiger partial charge in [-0.1, -0.05) is 30.3 Å². The number of guanidine groups is 1. The quantitative estimate of drug-likeness (QED) is 0.318. The topological polar surface area (TPSA) is 72.7 Å². The van der Waals surface area contributed by atoms with Crippen molar-refractivity contribution in [3.63, 3.8) is 0 Å². The minimum absolute atomic E-state index is 0.551. The monoisotopic (exact) mass is 413 g/mol. The third-order valence-corrected chi connectivity index (χ3v) is 5.14. The third-order valence-electron chi connectivity index (χ3n) is 5.14. The summed E-state index contributed by atoms with van der Waals surface area (Å²) in [6.45, 7) is 8.47. The van der Waals surface area contributed by atoms with E-state index in [-0.39, 0.29) is 0 Å². The van der Waals surface area contributed by atoms with E-state index in [4.69, 9.17) is 14.5 Å². The molecule has 1 aromatic carbocycles. The molecule has 0 amide bonds. The zero-order valence-corrected chi connectivity index (χ0v) is 18.1. The predicted octanol–water partition coefficient (Wildman–Crippen LogP) is 2.62. The molecule has 2 heterocycles. The van der Waals surface area contributed by atoms with Gasteiger partial charge in [-0.25, -0.2) is 9.98 Å². The van der Waals surface area contributed by atoms with Gasteiger partial charge < -0.3 is 24.7 Å². The van der Waals surface area contributed by atoms with Crippen LogP contribution in [-0.2, 0) is 29.0 Å². The summed E-state index contributed by atoms with van der Waals surface area (Å²) < 4.78 is 13.3. The Kier molecular flexibility index (Phi) is 9.69. The Morgan fingerprint density at radius 3 is 3.00 bits per heavy atom. The van der Waals surface area contributed by atoms with Crippen molar-refractivity contribution in [1.82, 2.24) is 20.2 Å². The van der Waals surface area contributed by atoms with Crippen molar-refractivity contribution in [2.45, 2.75) is 39.3 Å². The minimum atomic E-state index is 0.551. The van der Waals surface area contributed by atoms with E-state index in [0.29, 0.717) is 12.5 Å². The van der Waals surface area contributed by atoms with Gasteiger partial charge in [0.2, 0.25) is 0 Å². The summed E-state index contributed by atoms with van der Waals surface area (Å²) in [5.41, 5.74) is 1.33. The van der Waals surface area contributed by atoms with Gasteiger partial charge in [-0.05, 0) is 31.7 Å². The molecule has 164 valence electrons. The van der Waals surface area contributed by atoms with Crippen LogP contribution in [0.2, 0.25) is 0 Å². The first-order valence-electron chi connectivity index (χ1n) is 11.1. The average molecular weight is 414 g/mol. The first-order valence-corrected chi connectivity index (χ1v) is 11.1. The number of aromatic nitrogens is 2. The average Bonchev–Trinajstić information content (AvgIpc) is 3.45. The number of aliphatic imine (C=N–C) groups is 1. The Bertz CT molecular complexity index is 741. The Morgan fingerprint density at radius 1 is 1.30 bits per heavy atom. The van der Waals surface area contributed by atoms with Crippen LogP contribution in [0.1, 0.15) is 31.2 Å². The Balaban J connectivity index is 1.39. The molecule has 1 fully saturated rings. The maximum Gasteiger partial charge on any atom is 0.191 e. The van der Waals surface area contributed by atoms with Crippen LogP contribution >= 0.6 is 0 Å². The Morgan fingerprint density at radius 2 is 2.20 bits per heavy atom. The molecule has 1 saturated heterocycles. The van der Waals surface area contributed by atoms with Crippen molar-refractivity contribution in [3.8, 4) is 0 Å². The first kappa shape index (κ1) is 22.3. The number of hydrogen-bond acceptors (Lipinski definition) is 4. The van der Waals surface area contributed by atoms with Gasteiger partial charge in [-0.2, -0.15) is 0 Å². The molecular weight excluding hydrogens is 378 g/mol. The molecule has 0 aliphatic carbocycles. The van der Waals surface area contributed by atoms with Gasteiger partial charge in [-0.3, -0.25) is 0 Å². The number of hydrogen-bond donors (Lipinski definition) is 2. The highest BCUT2D eigenvalue weighted by atomic mass is 16.5. The molecule has 1 aromatic heterocycles. The second-order valence-electron chi connectivity index (χ2n) is 7.55. The molecule has 1 atom stereocenters. The van der Waals surface area contributed by atoms with Gasteiger partial charge in [0, 0.05) is 51.2 Å². The third kappa shape index (κ3) is 7.80. The molecule has 2 N–H and O–H groups in total. The number of rotatable bonds is 12. The van der Waals surface area contributed by atoms with E-state index in [1.165, 1.54) is 5.56 Å². The van der Waals surface area contributed by atoms with Crippen LogP contribution in [-0.4, -0.2) is 55.0 Å². The normalized spacial score (nSPS) is 16.7. The SMILES string of the molecule is CCNC(=NCc1nccn1CCc1ccccc1)NCCCOCC1CCOC1. The van der Waals surface area contributed by atoms with Gasteiger partial charge >= 0.3 is 0 Å². The van der Waals surface area contributed by atoms with Gasteiger partial charge in [0.1, 0.15) is 12.4 Å². The van der Waals surface area contributed by atoms with E-state index in [1.54, 1.807) is 0 Å². The van der Waals surface area contributed by atoms with Crippen molar-refractivity contribution < 1.29 is 9.47 Å². The van der Waals surface area contributed by atoms with Crippen molar-refractivity contribution >= 4 is 5.96 Å². The minimum Gasteiger partial charge on any atom is -0.381 e. The standard InChI is InChI=1S/C23H35N5O2/c1-2-24-23(26-11-6-15-29-18-21-10-16-30-19-21)27-17-22-25-12-14-28(22)13-9-20-7-4-3-5-8-20/h3-5,7-8,12,14,21H,2,6,9-11,13,15-19H2,1H3,(H2,24,26,27). The van der Waals surface area contributed by atoms with E-state index in [9.17, 15) is 0 Å². The molecule has 0 spiro atoms. The fourth-order valence-corrected chi connectivity index (χ4v) is 3.43. The lowest BCUT2D eigenvalue weighted by atomic mass is 10.1. The van der Waals surface area contributed by atoms with Crippen molar-refractivity contribution in [3.05, 3.63) is 54.1 Å². The van der Waals surface area contributed by atoms with E-state index < -0.39 is 0 Å². The smallest absolute Gasteiger partial charge is 0.191 e. The lowest BCUT2D eigenvalue weighted by Crippen LogP contribution is -2.38. The molecule has 1 aliphatic rings. The number of ether oxygens (including phenoxy) is 2. The Labute approximate surface area is 179 Å². The molecule has 1 aliphatic heterocycles. The lowest BCUT2D eigenvalue weighted by Gasteiger charge is -2.12. The molecule has 7 nitrogen and oxygen atoms in total. The highest BCUT2D eigenvalue weighted by molar-refractivity contribution is 5.79. The van der Waals surface area contributed by atoms with Crippen molar-refractivity contribution in [2.24, 2.45) is 10.9 Å². The highest BCUT2D eigenvalue weighted by Gasteiger charge is 2.15. The zero-order valence-electron chi connectivity index (χ0n) is 18.1. The molecule has 30 heavy (non-hydrogen) atoms. The summed E-state index contributed by atoms with van der Waals surface area (Å²) in [5, 5.41) is 6.69. The van der Waals surface area contributed by atoms with Crippen LogP contribution in [0.5, 0.6) is 0 Å². The largest absolute Gasteiger partial charge is 0.381 e. The number of nitrogens with one attached hydrogen (secondary N) is 2. The molecule has 2 aromatic rings. The van der Waals surface area contributed by atoms with Crippen LogP contribution in [0.25, 0.3) is 0 Å². The summed E-state index contributed by atoms with van der Waals surface area (Å²) in [6, 6.07) is 10.5. The van der Waals surface area contributed by atoms with Crippen LogP contribution in [0.3, 0.4) is 0 Å². The second-order valence-corrected chi connectivity index (χ2v) is 7.55. The highest BCUT2D eigenvalue weighted by Crippen LogP contribution is 2.12. The van der Waals surface area contributed by atoms with Gasteiger partial charge in [0.25, 0.3) is 0 Å². The fourth-order valence-electron chi connectivity index (χ4n) is 3.43. The lowest BCUT2D eigenvalue weighted by molar-refractivity contribution is 0.0888. The van der Waals surface area contributed by atoms with E-state index in [2.05, 4.69) is 51.4 Å². The van der Waals surface area contributed by atoms with Crippen molar-refractivity contribution in [1.29, 1.82) is 0 Å².